The maximum absolute atomic E-state index is 12.1. The van der Waals surface area contributed by atoms with Gasteiger partial charge in [0.25, 0.3) is 5.79 Å². The first kappa shape index (κ1) is 14.9. The largest absolute Gasteiger partial charge is 0.446 e. The van der Waals surface area contributed by atoms with E-state index in [1.54, 1.807) is 0 Å². The van der Waals surface area contributed by atoms with E-state index < -0.39 is 11.8 Å². The van der Waals surface area contributed by atoms with E-state index in [1.165, 1.54) is 6.08 Å². The Morgan fingerprint density at radius 2 is 1.68 bits per heavy atom. The second kappa shape index (κ2) is 5.97. The Labute approximate surface area is 137 Å². The van der Waals surface area contributed by atoms with Crippen molar-refractivity contribution in [2.24, 2.45) is 0 Å². The molecule has 0 amide bonds. The highest BCUT2D eigenvalue weighted by Crippen LogP contribution is 2.38. The van der Waals surface area contributed by atoms with Crippen molar-refractivity contribution in [3.63, 3.8) is 0 Å². The Kier molecular flexibility index (Phi) is 4.03. The van der Waals surface area contributed by atoms with E-state index >= 15 is 0 Å². The molecule has 1 atom stereocenters. The number of alkyl halides is 1. The van der Waals surface area contributed by atoms with E-state index in [4.69, 9.17) is 9.47 Å². The number of rotatable bonds is 3. The zero-order chi connectivity index (χ0) is 15.6. The van der Waals surface area contributed by atoms with Crippen LogP contribution in [0.1, 0.15) is 16.7 Å². The molecule has 2 aromatic rings. The minimum absolute atomic E-state index is 0.346. The number of ether oxygens (including phenoxy) is 2. The van der Waals surface area contributed by atoms with Gasteiger partial charge in [-0.1, -0.05) is 76.1 Å². The summed E-state index contributed by atoms with van der Waals surface area (Å²) in [6.07, 6.45) is 1.38. The standard InChI is InChI=1S/C18H15BrO3/c1-13-7-9-14(10-8-13)16-11-17(20)22-18(12-19,21-16)15-5-3-2-4-6-15/h2-11H,12H2,1H3/t18-/m0/s1. The number of cyclic esters (lactones) is 1. The van der Waals surface area contributed by atoms with Crippen molar-refractivity contribution in [1.29, 1.82) is 0 Å². The third kappa shape index (κ3) is 2.79. The van der Waals surface area contributed by atoms with E-state index in [-0.39, 0.29) is 0 Å². The summed E-state index contributed by atoms with van der Waals surface area (Å²) in [6, 6.07) is 17.3. The second-order valence-electron chi connectivity index (χ2n) is 5.15. The average molecular weight is 359 g/mol. The van der Waals surface area contributed by atoms with Gasteiger partial charge in [0, 0.05) is 11.1 Å². The van der Waals surface area contributed by atoms with Gasteiger partial charge in [0.15, 0.2) is 0 Å². The summed E-state index contributed by atoms with van der Waals surface area (Å²) in [5.74, 6) is -1.04. The fraction of sp³-hybridized carbons (Fsp3) is 0.167. The Bertz CT molecular complexity index is 707. The van der Waals surface area contributed by atoms with Crippen LogP contribution in [0, 0.1) is 6.92 Å². The number of aryl methyl sites for hydroxylation is 1. The molecule has 1 heterocycles. The highest BCUT2D eigenvalue weighted by atomic mass is 79.9. The highest BCUT2D eigenvalue weighted by molar-refractivity contribution is 9.09. The molecule has 0 saturated heterocycles. The molecule has 0 radical (unpaired) electrons. The van der Waals surface area contributed by atoms with Crippen LogP contribution in [-0.4, -0.2) is 11.3 Å². The molecule has 3 nitrogen and oxygen atoms in total. The Morgan fingerprint density at radius 1 is 1.00 bits per heavy atom. The van der Waals surface area contributed by atoms with E-state index in [0.29, 0.717) is 11.1 Å². The first-order valence-electron chi connectivity index (χ1n) is 6.95. The van der Waals surface area contributed by atoms with Crippen molar-refractivity contribution in [2.75, 3.05) is 5.33 Å². The van der Waals surface area contributed by atoms with Crippen molar-refractivity contribution in [1.82, 2.24) is 0 Å². The molecule has 1 aliphatic heterocycles. The van der Waals surface area contributed by atoms with Crippen LogP contribution in [0.4, 0.5) is 0 Å². The molecule has 0 N–H and O–H groups in total. The second-order valence-corrected chi connectivity index (χ2v) is 5.71. The first-order chi connectivity index (χ1) is 10.6. The van der Waals surface area contributed by atoms with Gasteiger partial charge in [0.05, 0.1) is 11.4 Å². The number of carbonyl (C=O) groups is 1. The van der Waals surface area contributed by atoms with Gasteiger partial charge in [0.1, 0.15) is 5.76 Å². The molecule has 0 unspecified atom stereocenters. The van der Waals surface area contributed by atoms with Crippen LogP contribution in [0.2, 0.25) is 0 Å². The molecule has 0 spiro atoms. The van der Waals surface area contributed by atoms with Crippen LogP contribution < -0.4 is 0 Å². The summed E-state index contributed by atoms with van der Waals surface area (Å²) in [5, 5.41) is 0.346. The van der Waals surface area contributed by atoms with Gasteiger partial charge in [0.2, 0.25) is 0 Å². The summed E-state index contributed by atoms with van der Waals surface area (Å²) in [4.78, 5) is 12.1. The maximum Gasteiger partial charge on any atom is 0.338 e. The third-order valence-electron chi connectivity index (χ3n) is 3.51. The van der Waals surface area contributed by atoms with Gasteiger partial charge in [-0.25, -0.2) is 4.79 Å². The van der Waals surface area contributed by atoms with Crippen LogP contribution in [0.5, 0.6) is 0 Å². The van der Waals surface area contributed by atoms with Gasteiger partial charge >= 0.3 is 5.97 Å². The van der Waals surface area contributed by atoms with Crippen LogP contribution in [0.3, 0.4) is 0 Å². The lowest BCUT2D eigenvalue weighted by molar-refractivity contribution is -0.203. The van der Waals surface area contributed by atoms with E-state index in [2.05, 4.69) is 15.9 Å². The summed E-state index contributed by atoms with van der Waals surface area (Å²) in [7, 11) is 0. The van der Waals surface area contributed by atoms with Gasteiger partial charge in [-0.05, 0) is 6.92 Å². The average Bonchev–Trinajstić information content (AvgIpc) is 2.55. The minimum atomic E-state index is -1.15. The van der Waals surface area contributed by atoms with Gasteiger partial charge in [-0.2, -0.15) is 0 Å². The zero-order valence-corrected chi connectivity index (χ0v) is 13.7. The van der Waals surface area contributed by atoms with Gasteiger partial charge in [-0.15, -0.1) is 0 Å². The molecule has 0 aliphatic carbocycles. The summed E-state index contributed by atoms with van der Waals surface area (Å²) in [6.45, 7) is 2.01. The molecular weight excluding hydrogens is 344 g/mol. The van der Waals surface area contributed by atoms with Crippen molar-refractivity contribution in [2.45, 2.75) is 12.7 Å². The molecule has 0 bridgehead atoms. The van der Waals surface area contributed by atoms with Gasteiger partial charge in [-0.3, -0.25) is 0 Å². The number of esters is 1. The predicted molar refractivity (Wildman–Crippen MR) is 88.2 cm³/mol. The molecule has 1 aliphatic rings. The Balaban J connectivity index is 2.01. The van der Waals surface area contributed by atoms with E-state index in [0.717, 1.165) is 16.7 Å². The lowest BCUT2D eigenvalue weighted by Gasteiger charge is -2.36. The van der Waals surface area contributed by atoms with Crippen LogP contribution in [-0.2, 0) is 20.1 Å². The van der Waals surface area contributed by atoms with Crippen LogP contribution >= 0.6 is 15.9 Å². The molecule has 0 fully saturated rings. The summed E-state index contributed by atoms with van der Waals surface area (Å²) in [5.41, 5.74) is 2.79. The maximum atomic E-state index is 12.1. The SMILES string of the molecule is Cc1ccc(C2=CC(=O)O[C@@](CBr)(c3ccccc3)O2)cc1. The smallest absolute Gasteiger partial charge is 0.338 e. The Hall–Kier alpha value is -2.07. The normalized spacial score (nSPS) is 20.8. The number of hydrogen-bond acceptors (Lipinski definition) is 3. The molecule has 2 aromatic carbocycles. The zero-order valence-electron chi connectivity index (χ0n) is 12.1. The number of halogens is 1. The van der Waals surface area contributed by atoms with E-state index in [1.807, 2.05) is 61.5 Å². The molecule has 3 rings (SSSR count). The number of hydrogen-bond donors (Lipinski definition) is 0. The fourth-order valence-electron chi connectivity index (χ4n) is 2.33. The molecule has 112 valence electrons. The van der Waals surface area contributed by atoms with Crippen molar-refractivity contribution >= 4 is 27.7 Å². The topological polar surface area (TPSA) is 35.5 Å². The molecule has 0 saturated carbocycles. The summed E-state index contributed by atoms with van der Waals surface area (Å²) >= 11 is 3.41. The predicted octanol–water partition coefficient (Wildman–Crippen LogP) is 4.16. The van der Waals surface area contributed by atoms with E-state index in [9.17, 15) is 4.79 Å². The molecule has 22 heavy (non-hydrogen) atoms. The fourth-order valence-corrected chi connectivity index (χ4v) is 2.88. The first-order valence-corrected chi connectivity index (χ1v) is 8.07. The molecule has 4 heteroatoms. The highest BCUT2D eigenvalue weighted by Gasteiger charge is 2.41. The molecule has 0 aromatic heterocycles. The van der Waals surface area contributed by atoms with Crippen LogP contribution in [0.15, 0.2) is 60.7 Å². The van der Waals surface area contributed by atoms with Gasteiger partial charge < -0.3 is 9.47 Å². The van der Waals surface area contributed by atoms with Crippen molar-refractivity contribution < 1.29 is 14.3 Å². The van der Waals surface area contributed by atoms with Crippen LogP contribution in [0.25, 0.3) is 5.76 Å². The Morgan fingerprint density at radius 3 is 2.32 bits per heavy atom. The number of carbonyl (C=O) groups excluding carboxylic acids is 1. The quantitative estimate of drug-likeness (QED) is 0.610. The third-order valence-corrected chi connectivity index (χ3v) is 4.25. The summed E-state index contributed by atoms with van der Waals surface area (Å²) < 4.78 is 11.6. The lowest BCUT2D eigenvalue weighted by atomic mass is 10.1. The number of benzene rings is 2. The van der Waals surface area contributed by atoms with Crippen molar-refractivity contribution in [3.05, 3.63) is 77.4 Å². The minimum Gasteiger partial charge on any atom is -0.446 e. The monoisotopic (exact) mass is 358 g/mol. The lowest BCUT2D eigenvalue weighted by Crippen LogP contribution is -2.39. The molecular formula is C18H15BrO3. The van der Waals surface area contributed by atoms with Crippen molar-refractivity contribution in [3.8, 4) is 0 Å².